The number of nitrogens with zero attached hydrogens (tertiary/aromatic N) is 1. The van der Waals surface area contributed by atoms with Crippen LogP contribution in [0.5, 0.6) is 0 Å². The van der Waals surface area contributed by atoms with Crippen molar-refractivity contribution in [2.24, 2.45) is 5.92 Å². The van der Waals surface area contributed by atoms with Crippen molar-refractivity contribution >= 4 is 0 Å². The average Bonchev–Trinajstić information content (AvgIpc) is 2.86. The van der Waals surface area contributed by atoms with E-state index in [4.69, 9.17) is 9.47 Å². The molecule has 0 amide bonds. The van der Waals surface area contributed by atoms with E-state index in [-0.39, 0.29) is 0 Å². The van der Waals surface area contributed by atoms with E-state index in [1.165, 1.54) is 32.1 Å². The van der Waals surface area contributed by atoms with Gasteiger partial charge in [-0.05, 0) is 51.6 Å². The van der Waals surface area contributed by atoms with Crippen molar-refractivity contribution in [3.05, 3.63) is 0 Å². The lowest BCUT2D eigenvalue weighted by Crippen LogP contribution is -2.38. The van der Waals surface area contributed by atoms with Gasteiger partial charge in [-0.1, -0.05) is 13.8 Å². The van der Waals surface area contributed by atoms with Gasteiger partial charge in [-0.25, -0.2) is 0 Å². The summed E-state index contributed by atoms with van der Waals surface area (Å²) >= 11 is 0. The molecular weight excluding hydrogens is 264 g/mol. The molecule has 1 N–H and O–H groups in total. The molecule has 0 aliphatic carbocycles. The van der Waals surface area contributed by atoms with E-state index in [0.717, 1.165) is 32.8 Å². The van der Waals surface area contributed by atoms with Crippen LogP contribution in [-0.4, -0.2) is 63.0 Å². The Hall–Kier alpha value is -0.160. The summed E-state index contributed by atoms with van der Waals surface area (Å²) < 4.78 is 12.0. The predicted molar refractivity (Wildman–Crippen MR) is 86.7 cm³/mol. The molecule has 2 aliphatic heterocycles. The highest BCUT2D eigenvalue weighted by Crippen LogP contribution is 2.21. The number of hydrogen-bond acceptors (Lipinski definition) is 4. The molecule has 0 aromatic heterocycles. The van der Waals surface area contributed by atoms with Gasteiger partial charge in [-0.3, -0.25) is 0 Å². The van der Waals surface area contributed by atoms with Crippen LogP contribution in [0, 0.1) is 5.92 Å². The van der Waals surface area contributed by atoms with Crippen LogP contribution < -0.4 is 5.32 Å². The molecule has 3 atom stereocenters. The first-order valence-electron chi connectivity index (χ1n) is 8.79. The molecule has 0 aromatic rings. The third-order valence-electron chi connectivity index (χ3n) is 4.42. The third kappa shape index (κ3) is 6.64. The maximum atomic E-state index is 6.16. The molecule has 0 saturated carbocycles. The third-order valence-corrected chi connectivity index (χ3v) is 4.42. The molecule has 0 bridgehead atoms. The van der Waals surface area contributed by atoms with Gasteiger partial charge in [0.15, 0.2) is 0 Å². The highest BCUT2D eigenvalue weighted by Gasteiger charge is 2.26. The van der Waals surface area contributed by atoms with Gasteiger partial charge < -0.3 is 19.7 Å². The van der Waals surface area contributed by atoms with Crippen molar-refractivity contribution < 1.29 is 9.47 Å². The Morgan fingerprint density at radius 2 is 1.81 bits per heavy atom. The van der Waals surface area contributed by atoms with Gasteiger partial charge >= 0.3 is 0 Å². The zero-order valence-corrected chi connectivity index (χ0v) is 14.1. The van der Waals surface area contributed by atoms with Crippen LogP contribution in [0.4, 0.5) is 0 Å². The molecule has 0 spiro atoms. The van der Waals surface area contributed by atoms with Crippen molar-refractivity contribution in [2.45, 2.75) is 64.3 Å². The number of rotatable bonds is 8. The minimum Gasteiger partial charge on any atom is -0.377 e. The summed E-state index contributed by atoms with van der Waals surface area (Å²) in [7, 11) is 2.20. The minimum absolute atomic E-state index is 0.407. The van der Waals surface area contributed by atoms with Crippen LogP contribution in [0.1, 0.15) is 46.0 Å². The lowest BCUT2D eigenvalue weighted by atomic mass is 10.1. The van der Waals surface area contributed by atoms with E-state index in [2.05, 4.69) is 31.1 Å². The SMILES string of the molecule is CC(C)CNCC1CCC(CN(C)CC2CCCCO2)O1. The maximum absolute atomic E-state index is 6.16. The van der Waals surface area contributed by atoms with E-state index in [0.29, 0.717) is 24.2 Å². The zero-order chi connectivity index (χ0) is 15.1. The van der Waals surface area contributed by atoms with E-state index in [1.807, 2.05) is 0 Å². The van der Waals surface area contributed by atoms with Crippen molar-refractivity contribution in [2.75, 3.05) is 39.8 Å². The topological polar surface area (TPSA) is 33.7 Å². The predicted octanol–water partition coefficient (Wildman–Crippen LogP) is 2.28. The summed E-state index contributed by atoms with van der Waals surface area (Å²) in [5.74, 6) is 0.712. The quantitative estimate of drug-likeness (QED) is 0.745. The van der Waals surface area contributed by atoms with Crippen molar-refractivity contribution in [3.63, 3.8) is 0 Å². The Kier molecular flexibility index (Phi) is 7.44. The number of likely N-dealkylation sites (N-methyl/N-ethyl adjacent to an activating group) is 1. The maximum Gasteiger partial charge on any atom is 0.0707 e. The summed E-state index contributed by atoms with van der Waals surface area (Å²) in [6, 6.07) is 0. The minimum atomic E-state index is 0.407. The fourth-order valence-corrected chi connectivity index (χ4v) is 3.32. The van der Waals surface area contributed by atoms with E-state index < -0.39 is 0 Å². The van der Waals surface area contributed by atoms with Crippen LogP contribution in [0.15, 0.2) is 0 Å². The molecule has 124 valence electrons. The normalized spacial score (nSPS) is 30.4. The second-order valence-corrected chi connectivity index (χ2v) is 7.22. The lowest BCUT2D eigenvalue weighted by Gasteiger charge is -2.28. The standard InChI is InChI=1S/C17H34N2O2/c1-14(2)10-18-11-15-7-8-17(21-15)13-19(3)12-16-6-4-5-9-20-16/h14-18H,4-13H2,1-3H3. The van der Waals surface area contributed by atoms with Gasteiger partial charge in [0.05, 0.1) is 18.3 Å². The summed E-state index contributed by atoms with van der Waals surface area (Å²) in [5.41, 5.74) is 0. The largest absolute Gasteiger partial charge is 0.377 e. The Labute approximate surface area is 130 Å². The fourth-order valence-electron chi connectivity index (χ4n) is 3.32. The first-order chi connectivity index (χ1) is 10.1. The van der Waals surface area contributed by atoms with E-state index in [1.54, 1.807) is 0 Å². The molecular formula is C17H34N2O2. The van der Waals surface area contributed by atoms with Gasteiger partial charge in [0.1, 0.15) is 0 Å². The molecule has 4 heteroatoms. The monoisotopic (exact) mass is 298 g/mol. The first kappa shape index (κ1) is 17.2. The molecule has 2 saturated heterocycles. The van der Waals surface area contributed by atoms with Crippen molar-refractivity contribution in [3.8, 4) is 0 Å². The van der Waals surface area contributed by atoms with Crippen molar-refractivity contribution in [1.29, 1.82) is 0 Å². The van der Waals surface area contributed by atoms with Crippen molar-refractivity contribution in [1.82, 2.24) is 10.2 Å². The molecule has 21 heavy (non-hydrogen) atoms. The Morgan fingerprint density at radius 3 is 2.52 bits per heavy atom. The molecule has 2 heterocycles. The Balaban J connectivity index is 1.58. The lowest BCUT2D eigenvalue weighted by molar-refractivity contribution is -0.0168. The van der Waals surface area contributed by atoms with E-state index in [9.17, 15) is 0 Å². The molecule has 2 fully saturated rings. The molecule has 2 aliphatic rings. The van der Waals surface area contributed by atoms with Crippen LogP contribution >= 0.6 is 0 Å². The fraction of sp³-hybridized carbons (Fsp3) is 1.00. The molecule has 3 unspecified atom stereocenters. The summed E-state index contributed by atoms with van der Waals surface area (Å²) in [5, 5.41) is 3.51. The van der Waals surface area contributed by atoms with Gasteiger partial charge in [0.2, 0.25) is 0 Å². The van der Waals surface area contributed by atoms with E-state index >= 15 is 0 Å². The van der Waals surface area contributed by atoms with Crippen LogP contribution in [-0.2, 0) is 9.47 Å². The molecule has 4 nitrogen and oxygen atoms in total. The summed E-state index contributed by atoms with van der Waals surface area (Å²) in [4.78, 5) is 2.39. The molecule has 2 rings (SSSR count). The molecule has 0 aromatic carbocycles. The summed E-state index contributed by atoms with van der Waals surface area (Å²) in [6.45, 7) is 9.62. The second kappa shape index (κ2) is 9.09. The first-order valence-corrected chi connectivity index (χ1v) is 8.79. The highest BCUT2D eigenvalue weighted by atomic mass is 16.5. The second-order valence-electron chi connectivity index (χ2n) is 7.22. The number of hydrogen-bond donors (Lipinski definition) is 1. The Bertz CT molecular complexity index is 280. The zero-order valence-electron chi connectivity index (χ0n) is 14.1. The average molecular weight is 298 g/mol. The Morgan fingerprint density at radius 1 is 1.05 bits per heavy atom. The number of nitrogens with one attached hydrogen (secondary N) is 1. The van der Waals surface area contributed by atoms with Crippen LogP contribution in [0.2, 0.25) is 0 Å². The number of ether oxygens (including phenoxy) is 2. The van der Waals surface area contributed by atoms with Gasteiger partial charge in [-0.2, -0.15) is 0 Å². The smallest absolute Gasteiger partial charge is 0.0707 e. The van der Waals surface area contributed by atoms with Crippen LogP contribution in [0.25, 0.3) is 0 Å². The highest BCUT2D eigenvalue weighted by molar-refractivity contribution is 4.78. The van der Waals surface area contributed by atoms with Gasteiger partial charge in [0, 0.05) is 26.2 Å². The summed E-state index contributed by atoms with van der Waals surface area (Å²) in [6.07, 6.45) is 7.43. The van der Waals surface area contributed by atoms with Gasteiger partial charge in [0.25, 0.3) is 0 Å². The molecule has 0 radical (unpaired) electrons. The van der Waals surface area contributed by atoms with Crippen LogP contribution in [0.3, 0.4) is 0 Å². The van der Waals surface area contributed by atoms with Gasteiger partial charge in [-0.15, -0.1) is 0 Å².